The van der Waals surface area contributed by atoms with Gasteiger partial charge in [0.25, 0.3) is 0 Å². The molecule has 0 aromatic rings. The van der Waals surface area contributed by atoms with Crippen molar-refractivity contribution in [2.75, 3.05) is 26.2 Å². The highest BCUT2D eigenvalue weighted by molar-refractivity contribution is 5.98. The highest BCUT2D eigenvalue weighted by Gasteiger charge is 2.36. The maximum atomic E-state index is 14.2. The van der Waals surface area contributed by atoms with Crippen LogP contribution in [-0.4, -0.2) is 168 Å². The standard InChI is InChI=1S/C54H102N14O13/c1-12-32(8)43(52(78)66-41(27-31(6)7)51(77)63-37(19-13-16-22-55)49(75)62-38(20-14-17-23-56)50(76)64-39(54(80)81)21-15-18-24-57)67-46(72)33(9)60-42(70)28-59-48(74)40(26-30(4)5)65-45(71)34(10)61-53(79)44(35(11)69)68-47(73)36(58)25-29(2)3/h29-41,43-44,69H,12-28,55-58H2,1-11H3,(H,59,74)(H,60,70)(H,61,79)(H,62,75)(H,63,77)(H,64,76)(H,65,71)(H,66,78)(H,67,72)(H,68,73)(H,80,81)/t32-,33-,34-,35+,36-,37-,38-,39-,40-,41-,43-,44-/m0/s1. The van der Waals surface area contributed by atoms with Crippen molar-refractivity contribution >= 4 is 65.0 Å². The van der Waals surface area contributed by atoms with E-state index in [9.17, 15) is 63.0 Å². The lowest BCUT2D eigenvalue weighted by Gasteiger charge is -2.29. The maximum Gasteiger partial charge on any atom is 0.326 e. The molecular formula is C54H102N14O13. The molecule has 0 unspecified atom stereocenters. The lowest BCUT2D eigenvalue weighted by molar-refractivity contribution is -0.142. The molecule has 0 aliphatic carbocycles. The molecule has 81 heavy (non-hydrogen) atoms. The van der Waals surface area contributed by atoms with Gasteiger partial charge in [0.05, 0.1) is 18.7 Å². The SMILES string of the molecule is CC[C@H](C)[C@H](NC(=O)[C@H](C)NC(=O)CNC(=O)[C@H](CC(C)C)NC(=O)[C@H](C)NC(=O)[C@@H](NC(=O)[C@@H](N)CC(C)C)[C@@H](C)O)C(=O)N[C@@H](CC(C)C)C(=O)N[C@@H](CCCCN)C(=O)N[C@@H](CCCCN)C(=O)N[C@@H](CCCCN)C(=O)O. The fraction of sp³-hybridized carbons (Fsp3) is 0.796. The summed E-state index contributed by atoms with van der Waals surface area (Å²) in [6.07, 6.45) is 2.77. The first kappa shape index (κ1) is 75.0. The second-order valence-electron chi connectivity index (χ2n) is 22.3. The van der Waals surface area contributed by atoms with Gasteiger partial charge in [0.1, 0.15) is 54.4 Å². The molecule has 0 bridgehead atoms. The number of carboxylic acids is 1. The van der Waals surface area contributed by atoms with E-state index in [1.807, 2.05) is 27.7 Å². The lowest BCUT2D eigenvalue weighted by Crippen LogP contribution is -2.60. The first-order valence-electron chi connectivity index (χ1n) is 28.7. The predicted molar refractivity (Wildman–Crippen MR) is 306 cm³/mol. The molecule has 27 nitrogen and oxygen atoms in total. The average Bonchev–Trinajstić information content (AvgIpc) is 3.38. The van der Waals surface area contributed by atoms with E-state index in [2.05, 4.69) is 53.2 Å². The van der Waals surface area contributed by atoms with Gasteiger partial charge in [-0.2, -0.15) is 0 Å². The topological polar surface area (TPSA) is 453 Å². The monoisotopic (exact) mass is 1150 g/mol. The molecule has 0 aliphatic rings. The van der Waals surface area contributed by atoms with Crippen LogP contribution < -0.4 is 76.1 Å². The van der Waals surface area contributed by atoms with E-state index in [1.165, 1.54) is 20.8 Å². The van der Waals surface area contributed by atoms with Crippen molar-refractivity contribution in [1.82, 2.24) is 53.2 Å². The van der Waals surface area contributed by atoms with Crippen LogP contribution in [0, 0.1) is 23.7 Å². The highest BCUT2D eigenvalue weighted by Crippen LogP contribution is 2.14. The normalized spacial score (nSPS) is 15.8. The van der Waals surface area contributed by atoms with Crippen LogP contribution in [0.2, 0.25) is 0 Å². The summed E-state index contributed by atoms with van der Waals surface area (Å²) in [4.78, 5) is 147. The molecule has 27 heteroatoms. The smallest absolute Gasteiger partial charge is 0.326 e. The molecule has 10 amide bonds. The molecule has 20 N–H and O–H groups in total. The molecule has 0 radical (unpaired) electrons. The molecule has 0 saturated carbocycles. The summed E-state index contributed by atoms with van der Waals surface area (Å²) < 4.78 is 0. The number of amides is 10. The molecular weight excluding hydrogens is 1050 g/mol. The number of nitrogens with two attached hydrogens (primary N) is 4. The molecule has 0 spiro atoms. The van der Waals surface area contributed by atoms with Gasteiger partial charge >= 0.3 is 5.97 Å². The zero-order valence-corrected chi connectivity index (χ0v) is 49.9. The minimum atomic E-state index is -1.44. The molecule has 12 atom stereocenters. The lowest BCUT2D eigenvalue weighted by atomic mass is 9.96. The van der Waals surface area contributed by atoms with Gasteiger partial charge in [0.2, 0.25) is 59.1 Å². The van der Waals surface area contributed by atoms with Crippen LogP contribution >= 0.6 is 0 Å². The van der Waals surface area contributed by atoms with E-state index >= 15 is 0 Å². The Kier molecular flexibility index (Phi) is 37.2. The second-order valence-corrected chi connectivity index (χ2v) is 22.3. The number of carbonyl (C=O) groups is 11. The second kappa shape index (κ2) is 40.2. The Labute approximate surface area is 478 Å². The van der Waals surface area contributed by atoms with Gasteiger partial charge < -0.3 is 86.3 Å². The molecule has 466 valence electrons. The minimum Gasteiger partial charge on any atom is -0.480 e. The number of rotatable bonds is 42. The number of unbranched alkanes of at least 4 members (excludes halogenated alkanes) is 3. The Hall–Kier alpha value is -6.03. The molecule has 0 aliphatic heterocycles. The number of hydrogen-bond donors (Lipinski definition) is 16. The van der Waals surface area contributed by atoms with Crippen LogP contribution in [0.1, 0.15) is 160 Å². The van der Waals surface area contributed by atoms with Crippen molar-refractivity contribution < 1.29 is 63.0 Å². The van der Waals surface area contributed by atoms with Crippen molar-refractivity contribution in [3.63, 3.8) is 0 Å². The van der Waals surface area contributed by atoms with Crippen LogP contribution in [0.3, 0.4) is 0 Å². The van der Waals surface area contributed by atoms with Crippen LogP contribution in [0.4, 0.5) is 0 Å². The number of hydrogen-bond acceptors (Lipinski definition) is 16. The third kappa shape index (κ3) is 30.6. The summed E-state index contributed by atoms with van der Waals surface area (Å²) in [6.45, 7) is 18.8. The van der Waals surface area contributed by atoms with E-state index in [0.717, 1.165) is 0 Å². The number of aliphatic carboxylic acids is 1. The first-order valence-corrected chi connectivity index (χ1v) is 28.7. The van der Waals surface area contributed by atoms with Gasteiger partial charge in [0.15, 0.2) is 0 Å². The van der Waals surface area contributed by atoms with Crippen LogP contribution in [0.25, 0.3) is 0 Å². The number of aliphatic hydroxyl groups is 1. The molecule has 0 aromatic heterocycles. The molecule has 0 rings (SSSR count). The Morgan fingerprint density at radius 1 is 0.407 bits per heavy atom. The van der Waals surface area contributed by atoms with E-state index < -0.39 is 144 Å². The van der Waals surface area contributed by atoms with Gasteiger partial charge in [0, 0.05) is 0 Å². The number of carbonyl (C=O) groups excluding carboxylic acids is 10. The predicted octanol–water partition coefficient (Wildman–Crippen LogP) is -2.13. The Balaban J connectivity index is 6.14. The van der Waals surface area contributed by atoms with Crippen LogP contribution in [0.5, 0.6) is 0 Å². The van der Waals surface area contributed by atoms with Crippen molar-refractivity contribution in [1.29, 1.82) is 0 Å². The van der Waals surface area contributed by atoms with Crippen molar-refractivity contribution in [2.24, 2.45) is 46.6 Å². The zero-order chi connectivity index (χ0) is 62.1. The number of carboxylic acid groups (broad SMARTS) is 1. The largest absolute Gasteiger partial charge is 0.480 e. The highest BCUT2D eigenvalue weighted by atomic mass is 16.4. The summed E-state index contributed by atoms with van der Waals surface area (Å²) in [5, 5.41) is 45.8. The van der Waals surface area contributed by atoms with E-state index in [1.54, 1.807) is 27.7 Å². The van der Waals surface area contributed by atoms with Gasteiger partial charge in [-0.25, -0.2) is 4.79 Å². The zero-order valence-electron chi connectivity index (χ0n) is 49.9. The summed E-state index contributed by atoms with van der Waals surface area (Å²) in [7, 11) is 0. The summed E-state index contributed by atoms with van der Waals surface area (Å²) in [5.41, 5.74) is 23.0. The van der Waals surface area contributed by atoms with Gasteiger partial charge in [-0.05, 0) is 141 Å². The summed E-state index contributed by atoms with van der Waals surface area (Å²) in [5.74, 6) is -9.49. The van der Waals surface area contributed by atoms with E-state index in [4.69, 9.17) is 22.9 Å². The Bertz CT molecular complexity index is 2010. The summed E-state index contributed by atoms with van der Waals surface area (Å²) >= 11 is 0. The average molecular weight is 1160 g/mol. The van der Waals surface area contributed by atoms with Gasteiger partial charge in [-0.3, -0.25) is 47.9 Å². The maximum absolute atomic E-state index is 14.2. The quantitative estimate of drug-likeness (QED) is 0.0290. The first-order chi connectivity index (χ1) is 37.9. The van der Waals surface area contributed by atoms with Gasteiger partial charge in [-0.1, -0.05) is 61.8 Å². The van der Waals surface area contributed by atoms with Crippen molar-refractivity contribution in [2.45, 2.75) is 226 Å². The minimum absolute atomic E-state index is 0.0829. The van der Waals surface area contributed by atoms with Crippen LogP contribution in [-0.2, 0) is 52.7 Å². The third-order valence-electron chi connectivity index (χ3n) is 13.3. The number of nitrogens with one attached hydrogen (secondary N) is 10. The fourth-order valence-corrected chi connectivity index (χ4v) is 8.33. The van der Waals surface area contributed by atoms with Crippen LogP contribution in [0.15, 0.2) is 0 Å². The van der Waals surface area contributed by atoms with E-state index in [-0.39, 0.29) is 49.9 Å². The molecule has 0 saturated heterocycles. The Morgan fingerprint density at radius 3 is 1.21 bits per heavy atom. The van der Waals surface area contributed by atoms with Gasteiger partial charge in [-0.15, -0.1) is 0 Å². The molecule has 0 heterocycles. The summed E-state index contributed by atoms with van der Waals surface area (Å²) in [6, 6.07) is -12.1. The Morgan fingerprint density at radius 2 is 0.778 bits per heavy atom. The number of aliphatic hydroxyl groups excluding tert-OH is 1. The van der Waals surface area contributed by atoms with Crippen molar-refractivity contribution in [3.05, 3.63) is 0 Å². The van der Waals surface area contributed by atoms with E-state index in [0.29, 0.717) is 71.0 Å². The van der Waals surface area contributed by atoms with Crippen molar-refractivity contribution in [3.8, 4) is 0 Å². The molecule has 0 aromatic carbocycles. The molecule has 0 fully saturated rings. The third-order valence-corrected chi connectivity index (χ3v) is 13.3. The fourth-order valence-electron chi connectivity index (χ4n) is 8.33.